The molecular weight excluding hydrogens is 292 g/mol. The summed E-state index contributed by atoms with van der Waals surface area (Å²) in [6.07, 6.45) is 6.85. The third-order valence-corrected chi connectivity index (χ3v) is 3.71. The number of rotatable bonds is 8. The van der Waals surface area contributed by atoms with E-state index in [9.17, 15) is 4.79 Å². The first kappa shape index (κ1) is 17.0. The Bertz CT molecular complexity index is 581. The first-order chi connectivity index (χ1) is 11.2. The van der Waals surface area contributed by atoms with Crippen LogP contribution >= 0.6 is 0 Å². The molecule has 0 spiro atoms. The molecule has 1 aromatic carbocycles. The van der Waals surface area contributed by atoms with Crippen LogP contribution in [0.1, 0.15) is 30.9 Å². The second-order valence-corrected chi connectivity index (χ2v) is 5.50. The molecule has 2 amide bonds. The first-order valence-electron chi connectivity index (χ1n) is 7.90. The van der Waals surface area contributed by atoms with E-state index in [0.717, 1.165) is 18.5 Å². The van der Waals surface area contributed by atoms with E-state index < -0.39 is 0 Å². The van der Waals surface area contributed by atoms with Crippen molar-refractivity contribution in [3.63, 3.8) is 0 Å². The van der Waals surface area contributed by atoms with Crippen LogP contribution in [0.3, 0.4) is 0 Å². The van der Waals surface area contributed by atoms with Gasteiger partial charge in [0.1, 0.15) is 0 Å². The van der Waals surface area contributed by atoms with Gasteiger partial charge in [-0.15, -0.1) is 0 Å². The molecule has 2 rings (SSSR count). The summed E-state index contributed by atoms with van der Waals surface area (Å²) in [7, 11) is 0. The smallest absolute Gasteiger partial charge is 0.315 e. The summed E-state index contributed by atoms with van der Waals surface area (Å²) >= 11 is 0. The number of aliphatic hydroxyl groups is 1. The molecule has 0 saturated heterocycles. The molecule has 23 heavy (non-hydrogen) atoms. The van der Waals surface area contributed by atoms with Crippen LogP contribution in [0.15, 0.2) is 43.0 Å². The van der Waals surface area contributed by atoms with E-state index in [-0.39, 0.29) is 18.7 Å². The topological polar surface area (TPSA) is 79.2 Å². The Morgan fingerprint density at radius 1 is 1.30 bits per heavy atom. The lowest BCUT2D eigenvalue weighted by Crippen LogP contribution is -2.41. The fourth-order valence-corrected chi connectivity index (χ4v) is 2.31. The standard InChI is InChI=1S/C17H24N4O2/c1-2-16(7-10-22)20-17(23)19-11-14-3-5-15(6-4-14)12-21-9-8-18-13-21/h3-6,8-9,13,16,22H,2,7,10-12H2,1H3,(H2,19,20,23). The van der Waals surface area contributed by atoms with Crippen LogP contribution in [0.4, 0.5) is 4.79 Å². The van der Waals surface area contributed by atoms with Crippen LogP contribution < -0.4 is 10.6 Å². The maximum atomic E-state index is 11.8. The normalized spacial score (nSPS) is 11.9. The lowest BCUT2D eigenvalue weighted by Gasteiger charge is -2.16. The molecule has 0 bridgehead atoms. The Labute approximate surface area is 136 Å². The number of amides is 2. The van der Waals surface area contributed by atoms with Crippen molar-refractivity contribution in [3.8, 4) is 0 Å². The summed E-state index contributed by atoms with van der Waals surface area (Å²) in [5.74, 6) is 0. The molecular formula is C17H24N4O2. The van der Waals surface area contributed by atoms with Crippen molar-refractivity contribution >= 4 is 6.03 Å². The Morgan fingerprint density at radius 2 is 2.04 bits per heavy atom. The van der Waals surface area contributed by atoms with Gasteiger partial charge in [0.05, 0.1) is 6.33 Å². The Morgan fingerprint density at radius 3 is 2.65 bits per heavy atom. The largest absolute Gasteiger partial charge is 0.396 e. The minimum absolute atomic E-state index is 0.0116. The summed E-state index contributed by atoms with van der Waals surface area (Å²) in [6, 6.07) is 7.94. The molecule has 1 unspecified atom stereocenters. The number of benzene rings is 1. The molecule has 1 atom stereocenters. The van der Waals surface area contributed by atoms with Crippen LogP contribution in [0.2, 0.25) is 0 Å². The molecule has 0 saturated carbocycles. The molecule has 3 N–H and O–H groups in total. The molecule has 6 heteroatoms. The highest BCUT2D eigenvalue weighted by atomic mass is 16.3. The number of urea groups is 1. The summed E-state index contributed by atoms with van der Waals surface area (Å²) < 4.78 is 2.01. The minimum Gasteiger partial charge on any atom is -0.396 e. The summed E-state index contributed by atoms with van der Waals surface area (Å²) in [6.45, 7) is 3.33. The molecule has 2 aromatic rings. The average Bonchev–Trinajstić information content (AvgIpc) is 3.07. The predicted octanol–water partition coefficient (Wildman–Crippen LogP) is 1.89. The van der Waals surface area contributed by atoms with Crippen LogP contribution in [0.5, 0.6) is 0 Å². The molecule has 1 aromatic heterocycles. The van der Waals surface area contributed by atoms with Crippen molar-refractivity contribution in [1.82, 2.24) is 20.2 Å². The summed E-state index contributed by atoms with van der Waals surface area (Å²) in [5.41, 5.74) is 2.23. The number of nitrogens with one attached hydrogen (secondary N) is 2. The molecule has 0 radical (unpaired) electrons. The SMILES string of the molecule is CCC(CCO)NC(=O)NCc1ccc(Cn2ccnc2)cc1. The number of aromatic nitrogens is 2. The molecule has 0 aliphatic carbocycles. The second kappa shape index (κ2) is 8.95. The molecule has 0 fully saturated rings. The third-order valence-electron chi connectivity index (χ3n) is 3.71. The lowest BCUT2D eigenvalue weighted by molar-refractivity contribution is 0.227. The van der Waals surface area contributed by atoms with E-state index in [1.54, 1.807) is 12.5 Å². The highest BCUT2D eigenvalue weighted by Crippen LogP contribution is 2.06. The van der Waals surface area contributed by atoms with Crippen molar-refractivity contribution in [2.75, 3.05) is 6.61 Å². The van der Waals surface area contributed by atoms with Gasteiger partial charge in [0.15, 0.2) is 0 Å². The van der Waals surface area contributed by atoms with Gasteiger partial charge in [0.2, 0.25) is 0 Å². The molecule has 0 aliphatic heterocycles. The number of nitrogens with zero attached hydrogens (tertiary/aromatic N) is 2. The highest BCUT2D eigenvalue weighted by molar-refractivity contribution is 5.74. The molecule has 1 heterocycles. The van der Waals surface area contributed by atoms with Gasteiger partial charge >= 0.3 is 6.03 Å². The molecule has 124 valence electrons. The van der Waals surface area contributed by atoms with Gasteiger partial charge in [0, 0.05) is 38.1 Å². The van der Waals surface area contributed by atoms with Gasteiger partial charge in [0.25, 0.3) is 0 Å². The van der Waals surface area contributed by atoms with E-state index in [1.165, 1.54) is 5.56 Å². The van der Waals surface area contributed by atoms with Crippen molar-refractivity contribution < 1.29 is 9.90 Å². The maximum absolute atomic E-state index is 11.8. The van der Waals surface area contributed by atoms with E-state index in [4.69, 9.17) is 5.11 Å². The zero-order valence-corrected chi connectivity index (χ0v) is 13.4. The van der Waals surface area contributed by atoms with Crippen molar-refractivity contribution in [2.45, 2.75) is 38.9 Å². The van der Waals surface area contributed by atoms with Crippen LogP contribution in [-0.4, -0.2) is 33.3 Å². The second-order valence-electron chi connectivity index (χ2n) is 5.50. The fourth-order valence-electron chi connectivity index (χ4n) is 2.31. The summed E-state index contributed by atoms with van der Waals surface area (Å²) in [5, 5.41) is 14.6. The Kier molecular flexibility index (Phi) is 6.62. The van der Waals surface area contributed by atoms with Crippen LogP contribution in [0.25, 0.3) is 0 Å². The number of carbonyl (C=O) groups excluding carboxylic acids is 1. The third kappa shape index (κ3) is 5.75. The minimum atomic E-state index is -0.201. The Hall–Kier alpha value is -2.34. The average molecular weight is 316 g/mol. The van der Waals surface area contributed by atoms with Gasteiger partial charge in [-0.1, -0.05) is 31.2 Å². The number of imidazole rings is 1. The van der Waals surface area contributed by atoms with Crippen molar-refractivity contribution in [3.05, 3.63) is 54.1 Å². The van der Waals surface area contributed by atoms with Crippen LogP contribution in [0, 0.1) is 0 Å². The molecule has 0 aliphatic rings. The van der Waals surface area contributed by atoms with Gasteiger partial charge in [-0.25, -0.2) is 9.78 Å². The van der Waals surface area contributed by atoms with E-state index in [0.29, 0.717) is 13.0 Å². The van der Waals surface area contributed by atoms with Crippen LogP contribution in [-0.2, 0) is 13.1 Å². The first-order valence-corrected chi connectivity index (χ1v) is 7.90. The van der Waals surface area contributed by atoms with Gasteiger partial charge in [-0.05, 0) is 24.0 Å². The van der Waals surface area contributed by atoms with Gasteiger partial charge < -0.3 is 20.3 Å². The maximum Gasteiger partial charge on any atom is 0.315 e. The lowest BCUT2D eigenvalue weighted by atomic mass is 10.1. The van der Waals surface area contributed by atoms with E-state index in [1.807, 2.05) is 29.8 Å². The zero-order chi connectivity index (χ0) is 16.5. The quantitative estimate of drug-likeness (QED) is 0.696. The Balaban J connectivity index is 1.78. The number of aliphatic hydroxyl groups excluding tert-OH is 1. The van der Waals surface area contributed by atoms with Gasteiger partial charge in [-0.3, -0.25) is 0 Å². The van der Waals surface area contributed by atoms with Gasteiger partial charge in [-0.2, -0.15) is 0 Å². The molecule has 6 nitrogen and oxygen atoms in total. The fraction of sp³-hybridized carbons (Fsp3) is 0.412. The highest BCUT2D eigenvalue weighted by Gasteiger charge is 2.09. The monoisotopic (exact) mass is 316 g/mol. The summed E-state index contributed by atoms with van der Waals surface area (Å²) in [4.78, 5) is 15.8. The number of hydrogen-bond acceptors (Lipinski definition) is 3. The van der Waals surface area contributed by atoms with Crippen molar-refractivity contribution in [1.29, 1.82) is 0 Å². The number of hydrogen-bond donors (Lipinski definition) is 3. The zero-order valence-electron chi connectivity index (χ0n) is 13.4. The van der Waals surface area contributed by atoms with Crippen molar-refractivity contribution in [2.24, 2.45) is 0 Å². The number of carbonyl (C=O) groups is 1. The van der Waals surface area contributed by atoms with E-state index >= 15 is 0 Å². The predicted molar refractivity (Wildman–Crippen MR) is 88.9 cm³/mol. The van der Waals surface area contributed by atoms with E-state index in [2.05, 4.69) is 27.8 Å².